The number of rotatable bonds is 5. The van der Waals surface area contributed by atoms with Crippen molar-refractivity contribution in [3.8, 4) is 0 Å². The van der Waals surface area contributed by atoms with E-state index < -0.39 is 0 Å². The third-order valence-electron chi connectivity index (χ3n) is 5.99. The van der Waals surface area contributed by atoms with Gasteiger partial charge in [0, 0.05) is 24.3 Å². The van der Waals surface area contributed by atoms with Crippen LogP contribution < -0.4 is 10.6 Å². The first-order chi connectivity index (χ1) is 16.2. The Morgan fingerprint density at radius 1 is 0.971 bits per heavy atom. The maximum Gasteiger partial charge on any atom is 0.291 e. The van der Waals surface area contributed by atoms with Crippen molar-refractivity contribution in [1.82, 2.24) is 4.90 Å². The SMILES string of the molecule is Cc1ccc(C(=O)N2CC(C)CC(C)C2)cc1NC(=O)c1sc(NC(=O)c2ccco2)cc1C. The number of furan rings is 1. The van der Waals surface area contributed by atoms with Crippen LogP contribution in [0.4, 0.5) is 10.7 Å². The summed E-state index contributed by atoms with van der Waals surface area (Å²) in [6, 6.07) is 10.4. The first kappa shape index (κ1) is 23.8. The van der Waals surface area contributed by atoms with Crippen LogP contribution in [0, 0.1) is 25.7 Å². The second-order valence-corrected chi connectivity index (χ2v) is 10.2. The van der Waals surface area contributed by atoms with Crippen molar-refractivity contribution in [2.45, 2.75) is 34.1 Å². The Bertz CT molecular complexity index is 1200. The number of thiophene rings is 1. The highest BCUT2D eigenvalue weighted by atomic mass is 32.1. The average Bonchev–Trinajstić information content (AvgIpc) is 3.44. The van der Waals surface area contributed by atoms with Crippen LogP contribution in [-0.4, -0.2) is 35.7 Å². The van der Waals surface area contributed by atoms with E-state index in [9.17, 15) is 14.4 Å². The van der Waals surface area contributed by atoms with Gasteiger partial charge in [-0.1, -0.05) is 19.9 Å². The third-order valence-corrected chi connectivity index (χ3v) is 7.15. The summed E-state index contributed by atoms with van der Waals surface area (Å²) >= 11 is 1.19. The molecular weight excluding hydrogens is 450 g/mol. The predicted molar refractivity (Wildman–Crippen MR) is 134 cm³/mol. The monoisotopic (exact) mass is 479 g/mol. The van der Waals surface area contributed by atoms with Gasteiger partial charge in [0.05, 0.1) is 16.1 Å². The molecule has 7 nitrogen and oxygen atoms in total. The summed E-state index contributed by atoms with van der Waals surface area (Å²) in [5.74, 6) is 0.481. The van der Waals surface area contributed by atoms with Gasteiger partial charge >= 0.3 is 0 Å². The number of nitrogens with zero attached hydrogens (tertiary/aromatic N) is 1. The topological polar surface area (TPSA) is 91.7 Å². The molecule has 3 heterocycles. The summed E-state index contributed by atoms with van der Waals surface area (Å²) in [4.78, 5) is 40.8. The molecule has 1 aromatic carbocycles. The van der Waals surface area contributed by atoms with Crippen LogP contribution in [0.25, 0.3) is 0 Å². The van der Waals surface area contributed by atoms with Crippen LogP contribution in [0.3, 0.4) is 0 Å². The molecule has 0 saturated carbocycles. The highest BCUT2D eigenvalue weighted by Crippen LogP contribution is 2.29. The lowest BCUT2D eigenvalue weighted by Crippen LogP contribution is -2.42. The molecule has 1 aliphatic rings. The van der Waals surface area contributed by atoms with E-state index >= 15 is 0 Å². The maximum absolute atomic E-state index is 13.1. The van der Waals surface area contributed by atoms with Crippen molar-refractivity contribution in [2.24, 2.45) is 11.8 Å². The fourth-order valence-corrected chi connectivity index (χ4v) is 5.39. The summed E-state index contributed by atoms with van der Waals surface area (Å²) in [7, 11) is 0. The van der Waals surface area contributed by atoms with Gasteiger partial charge in [0.1, 0.15) is 0 Å². The number of likely N-dealkylation sites (tertiary alicyclic amines) is 1. The number of hydrogen-bond acceptors (Lipinski definition) is 5. The number of amides is 3. The first-order valence-electron chi connectivity index (χ1n) is 11.4. The van der Waals surface area contributed by atoms with Crippen molar-refractivity contribution in [1.29, 1.82) is 0 Å². The van der Waals surface area contributed by atoms with E-state index in [-0.39, 0.29) is 23.5 Å². The number of carbonyl (C=O) groups is 3. The van der Waals surface area contributed by atoms with Crippen LogP contribution in [0.15, 0.2) is 47.1 Å². The Morgan fingerprint density at radius 2 is 1.71 bits per heavy atom. The van der Waals surface area contributed by atoms with E-state index in [1.54, 1.807) is 24.3 Å². The zero-order valence-electron chi connectivity index (χ0n) is 19.8. The van der Waals surface area contributed by atoms with E-state index in [0.29, 0.717) is 33.0 Å². The number of anilines is 2. The Labute approximate surface area is 203 Å². The fourth-order valence-electron chi connectivity index (χ4n) is 4.43. The van der Waals surface area contributed by atoms with E-state index in [0.717, 1.165) is 30.6 Å². The summed E-state index contributed by atoms with van der Waals surface area (Å²) in [6.07, 6.45) is 2.56. The van der Waals surface area contributed by atoms with E-state index in [1.807, 2.05) is 30.9 Å². The van der Waals surface area contributed by atoms with Crippen molar-refractivity contribution in [3.05, 3.63) is 70.0 Å². The molecule has 1 fully saturated rings. The molecule has 178 valence electrons. The lowest BCUT2D eigenvalue weighted by molar-refractivity contribution is 0.0623. The zero-order chi connectivity index (χ0) is 24.4. The second-order valence-electron chi connectivity index (χ2n) is 9.19. The van der Waals surface area contributed by atoms with Gasteiger partial charge in [-0.15, -0.1) is 11.3 Å². The lowest BCUT2D eigenvalue weighted by Gasteiger charge is -2.35. The molecule has 8 heteroatoms. The molecule has 34 heavy (non-hydrogen) atoms. The van der Waals surface area contributed by atoms with Gasteiger partial charge < -0.3 is 20.0 Å². The van der Waals surface area contributed by atoms with E-state index in [2.05, 4.69) is 24.5 Å². The summed E-state index contributed by atoms with van der Waals surface area (Å²) < 4.78 is 5.11. The minimum absolute atomic E-state index is 0.0101. The largest absolute Gasteiger partial charge is 0.459 e. The molecular formula is C26H29N3O4S. The molecule has 2 atom stereocenters. The fraction of sp³-hybridized carbons (Fsp3) is 0.346. The van der Waals surface area contributed by atoms with E-state index in [1.165, 1.54) is 17.6 Å². The molecule has 2 aromatic heterocycles. The Morgan fingerprint density at radius 3 is 2.38 bits per heavy atom. The van der Waals surface area contributed by atoms with Gasteiger partial charge in [-0.05, 0) is 73.6 Å². The minimum Gasteiger partial charge on any atom is -0.459 e. The molecule has 2 unspecified atom stereocenters. The molecule has 4 rings (SSSR count). The van der Waals surface area contributed by atoms with E-state index in [4.69, 9.17) is 4.42 Å². The normalized spacial score (nSPS) is 17.9. The third kappa shape index (κ3) is 5.22. The zero-order valence-corrected chi connectivity index (χ0v) is 20.6. The minimum atomic E-state index is -0.374. The van der Waals surface area contributed by atoms with Crippen LogP contribution >= 0.6 is 11.3 Å². The van der Waals surface area contributed by atoms with Crippen LogP contribution in [0.2, 0.25) is 0 Å². The molecule has 1 saturated heterocycles. The molecule has 0 radical (unpaired) electrons. The summed E-state index contributed by atoms with van der Waals surface area (Å²) in [5, 5.41) is 6.26. The Balaban J connectivity index is 1.48. The number of nitrogens with one attached hydrogen (secondary N) is 2. The molecule has 3 amide bonds. The molecule has 0 bridgehead atoms. The van der Waals surface area contributed by atoms with Crippen LogP contribution in [0.1, 0.15) is 62.0 Å². The summed E-state index contributed by atoms with van der Waals surface area (Å²) in [6.45, 7) is 9.56. The highest BCUT2D eigenvalue weighted by Gasteiger charge is 2.26. The molecule has 0 aliphatic carbocycles. The Kier molecular flexibility index (Phi) is 6.88. The second kappa shape index (κ2) is 9.85. The van der Waals surface area contributed by atoms with Gasteiger partial charge in [0.2, 0.25) is 0 Å². The number of piperidine rings is 1. The smallest absolute Gasteiger partial charge is 0.291 e. The molecule has 3 aromatic rings. The van der Waals surface area contributed by atoms with Gasteiger partial charge in [-0.2, -0.15) is 0 Å². The van der Waals surface area contributed by atoms with Gasteiger partial charge in [0.15, 0.2) is 5.76 Å². The average molecular weight is 480 g/mol. The van der Waals surface area contributed by atoms with Crippen LogP contribution in [0.5, 0.6) is 0 Å². The number of carbonyl (C=O) groups excluding carboxylic acids is 3. The first-order valence-corrected chi connectivity index (χ1v) is 12.2. The predicted octanol–water partition coefficient (Wildman–Crippen LogP) is 5.58. The van der Waals surface area contributed by atoms with Crippen molar-refractivity contribution >= 4 is 39.7 Å². The molecule has 2 N–H and O–H groups in total. The van der Waals surface area contributed by atoms with Gasteiger partial charge in [0.25, 0.3) is 17.7 Å². The quantitative estimate of drug-likeness (QED) is 0.500. The maximum atomic E-state index is 13.1. The number of aryl methyl sites for hydroxylation is 2. The van der Waals surface area contributed by atoms with Crippen molar-refractivity contribution in [3.63, 3.8) is 0 Å². The standard InChI is InChI=1S/C26H29N3O4S/c1-15-10-16(2)14-29(13-15)26(32)19-8-7-17(3)20(12-19)27-25(31)23-18(4)11-22(34-23)28-24(30)21-6-5-9-33-21/h5-9,11-12,15-16H,10,13-14H2,1-4H3,(H,27,31)(H,28,30). The van der Waals surface area contributed by atoms with Crippen LogP contribution in [-0.2, 0) is 0 Å². The van der Waals surface area contributed by atoms with Crippen molar-refractivity contribution < 1.29 is 18.8 Å². The van der Waals surface area contributed by atoms with Gasteiger partial charge in [-0.3, -0.25) is 14.4 Å². The number of hydrogen-bond donors (Lipinski definition) is 2. The molecule has 0 spiro atoms. The molecule has 1 aliphatic heterocycles. The number of benzene rings is 1. The van der Waals surface area contributed by atoms with Gasteiger partial charge in [-0.25, -0.2) is 0 Å². The van der Waals surface area contributed by atoms with Crippen molar-refractivity contribution in [2.75, 3.05) is 23.7 Å². The summed E-state index contributed by atoms with van der Waals surface area (Å²) in [5.41, 5.74) is 2.78. The Hall–Kier alpha value is -3.39. The lowest BCUT2D eigenvalue weighted by atomic mass is 9.91. The highest BCUT2D eigenvalue weighted by molar-refractivity contribution is 7.18.